The summed E-state index contributed by atoms with van der Waals surface area (Å²) in [5, 5.41) is 0. The second-order valence-electron chi connectivity index (χ2n) is 2.26. The normalized spacial score (nSPS) is 14.8. The third-order valence-electron chi connectivity index (χ3n) is 0.596. The van der Waals surface area contributed by atoms with Crippen molar-refractivity contribution in [3.05, 3.63) is 0 Å². The molecule has 0 saturated carbocycles. The predicted octanol–water partition coefficient (Wildman–Crippen LogP) is -4.59. The second-order valence-corrected chi connectivity index (χ2v) is 8.01. The fourth-order valence-electron chi connectivity index (χ4n) is 0.451. The molecule has 12 heteroatoms. The van der Waals surface area contributed by atoms with E-state index in [4.69, 9.17) is 33.6 Å². The highest BCUT2D eigenvalue weighted by Gasteiger charge is 2.53. The van der Waals surface area contributed by atoms with Crippen molar-refractivity contribution in [2.45, 2.75) is 6.55 Å². The van der Waals surface area contributed by atoms with Crippen LogP contribution >= 0.6 is 0 Å². The van der Waals surface area contributed by atoms with Gasteiger partial charge in [0.1, 0.15) is 0 Å². The zero-order valence-corrected chi connectivity index (χ0v) is 9.45. The summed E-state index contributed by atoms with van der Waals surface area (Å²) in [5.41, 5.74) is 0. The molecule has 0 atom stereocenters. The second kappa shape index (κ2) is 3.81. The predicted molar refractivity (Wildman–Crippen MR) is 40.8 cm³/mol. The summed E-state index contributed by atoms with van der Waals surface area (Å²) >= 11 is 0. The van der Waals surface area contributed by atoms with Crippen LogP contribution in [0.4, 0.5) is 0 Å². The highest BCUT2D eigenvalue weighted by molar-refractivity contribution is 6.72. The van der Waals surface area contributed by atoms with Gasteiger partial charge in [-0.1, -0.05) is 0 Å². The topological polar surface area (TPSA) is 160 Å². The molecule has 0 radical (unpaired) electrons. The third-order valence-corrected chi connectivity index (χ3v) is 5.37. The smallest absolute Gasteiger partial charge is 0.390 e. The van der Waals surface area contributed by atoms with Crippen LogP contribution in [0.3, 0.4) is 0 Å². The fourth-order valence-corrected chi connectivity index (χ4v) is 4.43. The lowest BCUT2D eigenvalue weighted by molar-refractivity contribution is 0.0305. The third kappa shape index (κ3) is 8.62. The Labute approximate surface area is 76.0 Å². The van der Waals surface area contributed by atoms with Crippen molar-refractivity contribution in [2.24, 2.45) is 0 Å². The van der Waals surface area contributed by atoms with Crippen LogP contribution < -0.4 is 0 Å². The quantitative estimate of drug-likeness (QED) is 0.243. The van der Waals surface area contributed by atoms with E-state index in [1.807, 2.05) is 0 Å². The summed E-state index contributed by atoms with van der Waals surface area (Å²) in [7, 11) is -14.5. The first-order valence-electron chi connectivity index (χ1n) is 2.88. The SMILES string of the molecule is C[Si](O)(O)O[Si](O)(O)O[Si](O)(O)O. The van der Waals surface area contributed by atoms with E-state index in [0.29, 0.717) is 0 Å². The van der Waals surface area contributed by atoms with E-state index in [1.54, 1.807) is 0 Å². The van der Waals surface area contributed by atoms with Crippen LogP contribution in [0.2, 0.25) is 6.55 Å². The van der Waals surface area contributed by atoms with E-state index in [1.165, 1.54) is 0 Å². The van der Waals surface area contributed by atoms with Crippen molar-refractivity contribution < 1.29 is 41.8 Å². The van der Waals surface area contributed by atoms with Gasteiger partial charge in [0.15, 0.2) is 0 Å². The van der Waals surface area contributed by atoms with Gasteiger partial charge in [-0.15, -0.1) is 0 Å². The van der Waals surface area contributed by atoms with Crippen molar-refractivity contribution in [2.75, 3.05) is 0 Å². The number of hydrogen-bond donors (Lipinski definition) is 7. The highest BCUT2D eigenvalue weighted by Crippen LogP contribution is 2.08. The highest BCUT2D eigenvalue weighted by atomic mass is 28.5. The van der Waals surface area contributed by atoms with Crippen LogP contribution in [0.15, 0.2) is 0 Å². The summed E-state index contributed by atoms with van der Waals surface area (Å²) in [5.74, 6) is 0. The van der Waals surface area contributed by atoms with Gasteiger partial charge in [-0.2, -0.15) is 0 Å². The molecule has 0 aliphatic heterocycles. The molecule has 0 aromatic rings. The fraction of sp³-hybridized carbons (Fsp3) is 1.00. The van der Waals surface area contributed by atoms with Crippen molar-refractivity contribution in [1.82, 2.24) is 0 Å². The molecule has 0 saturated heterocycles. The molecule has 0 bridgehead atoms. The first-order valence-corrected chi connectivity index (χ1v) is 8.65. The molecule has 80 valence electrons. The van der Waals surface area contributed by atoms with Gasteiger partial charge < -0.3 is 41.8 Å². The van der Waals surface area contributed by atoms with E-state index in [0.717, 1.165) is 6.55 Å². The molecule has 0 aromatic heterocycles. The minimum Gasteiger partial charge on any atom is -0.390 e. The maximum atomic E-state index is 8.71. The molecule has 0 unspecified atom stereocenters. The summed E-state index contributed by atoms with van der Waals surface area (Å²) in [4.78, 5) is 59.5. The van der Waals surface area contributed by atoms with Gasteiger partial charge in [0.25, 0.3) is 0 Å². The Hall–Kier alpha value is 0.291. The van der Waals surface area contributed by atoms with Crippen molar-refractivity contribution in [3.63, 3.8) is 0 Å². The zero-order valence-electron chi connectivity index (χ0n) is 6.45. The van der Waals surface area contributed by atoms with E-state index < -0.39 is 26.9 Å². The number of hydrogen-bond acceptors (Lipinski definition) is 9. The Morgan fingerprint density at radius 1 is 0.769 bits per heavy atom. The molecular formula is CH10O9Si3. The molecule has 13 heavy (non-hydrogen) atoms. The molecule has 0 rings (SSSR count). The van der Waals surface area contributed by atoms with Crippen molar-refractivity contribution in [1.29, 1.82) is 0 Å². The van der Waals surface area contributed by atoms with E-state index in [2.05, 4.69) is 8.23 Å². The molecule has 0 aromatic carbocycles. The van der Waals surface area contributed by atoms with Crippen LogP contribution in [0.25, 0.3) is 0 Å². The first kappa shape index (κ1) is 13.3. The van der Waals surface area contributed by atoms with Gasteiger partial charge in [-0.3, -0.25) is 0 Å². The molecule has 7 N–H and O–H groups in total. The Balaban J connectivity index is 4.25. The molecule has 0 aliphatic carbocycles. The molecule has 0 amide bonds. The van der Waals surface area contributed by atoms with Crippen LogP contribution in [0, 0.1) is 0 Å². The summed E-state index contributed by atoms with van der Waals surface area (Å²) < 4.78 is 7.38. The first-order chi connectivity index (χ1) is 5.41. The lowest BCUT2D eigenvalue weighted by atomic mass is 11.9. The number of rotatable bonds is 4. The van der Waals surface area contributed by atoms with Crippen LogP contribution in [0.1, 0.15) is 0 Å². The van der Waals surface area contributed by atoms with E-state index in [9.17, 15) is 0 Å². The van der Waals surface area contributed by atoms with Crippen LogP contribution in [-0.2, 0) is 8.23 Å². The average Bonchev–Trinajstić information content (AvgIpc) is 1.43. The maximum Gasteiger partial charge on any atom is 0.665 e. The van der Waals surface area contributed by atoms with Crippen LogP contribution in [0.5, 0.6) is 0 Å². The Morgan fingerprint density at radius 3 is 1.38 bits per heavy atom. The maximum absolute atomic E-state index is 8.71. The Kier molecular flexibility index (Phi) is 3.89. The van der Waals surface area contributed by atoms with Gasteiger partial charge >= 0.3 is 26.9 Å². The zero-order chi connectivity index (χ0) is 10.9. The average molecular weight is 250 g/mol. The lowest BCUT2D eigenvalue weighted by Gasteiger charge is -2.23. The van der Waals surface area contributed by atoms with E-state index >= 15 is 0 Å². The monoisotopic (exact) mass is 250 g/mol. The summed E-state index contributed by atoms with van der Waals surface area (Å²) in [6.07, 6.45) is 0. The van der Waals surface area contributed by atoms with Crippen LogP contribution in [-0.4, -0.2) is 60.5 Å². The summed E-state index contributed by atoms with van der Waals surface area (Å²) in [6.45, 7) is 0.764. The lowest BCUT2D eigenvalue weighted by Crippen LogP contribution is -2.60. The molecule has 9 nitrogen and oxygen atoms in total. The molecule has 0 heterocycles. The summed E-state index contributed by atoms with van der Waals surface area (Å²) in [6, 6.07) is 0. The van der Waals surface area contributed by atoms with Gasteiger partial charge in [-0.25, -0.2) is 0 Å². The molecule has 0 spiro atoms. The van der Waals surface area contributed by atoms with E-state index in [-0.39, 0.29) is 0 Å². The van der Waals surface area contributed by atoms with Gasteiger partial charge in [0.05, 0.1) is 0 Å². The molecular weight excluding hydrogens is 240 g/mol. The standard InChI is InChI=1S/CH10O9Si3/c1-11(2,3)9-13(7,8)10-12(4,5)6/h2-8H,1H3. The Morgan fingerprint density at radius 2 is 1.15 bits per heavy atom. The molecule has 0 aliphatic rings. The van der Waals surface area contributed by atoms with Gasteiger partial charge in [0.2, 0.25) is 0 Å². The Bertz CT molecular complexity index is 147. The van der Waals surface area contributed by atoms with Crippen molar-refractivity contribution in [3.8, 4) is 0 Å². The van der Waals surface area contributed by atoms with Gasteiger partial charge in [0, 0.05) is 6.55 Å². The minimum absolute atomic E-state index is 0.764. The largest absolute Gasteiger partial charge is 0.665 e. The minimum atomic E-state index is -5.16. The van der Waals surface area contributed by atoms with Gasteiger partial charge in [-0.05, 0) is 0 Å². The van der Waals surface area contributed by atoms with Crippen molar-refractivity contribution >= 4 is 26.9 Å². The molecule has 0 fully saturated rings.